The zero-order valence-corrected chi connectivity index (χ0v) is 9.63. The van der Waals surface area contributed by atoms with Gasteiger partial charge in [-0.15, -0.1) is 11.3 Å². The van der Waals surface area contributed by atoms with Crippen LogP contribution in [0.25, 0.3) is 10.2 Å². The van der Waals surface area contributed by atoms with Crippen molar-refractivity contribution in [2.24, 2.45) is 0 Å². The third-order valence-electron chi connectivity index (χ3n) is 1.46. The van der Waals surface area contributed by atoms with Gasteiger partial charge >= 0.3 is 0 Å². The Morgan fingerprint density at radius 2 is 2.23 bits per heavy atom. The van der Waals surface area contributed by atoms with Gasteiger partial charge in [-0.3, -0.25) is 0 Å². The first-order chi connectivity index (χ1) is 6.25. The zero-order valence-electron chi connectivity index (χ0n) is 6.41. The topological polar surface area (TPSA) is 12.9 Å². The molecule has 0 unspecified atom stereocenters. The fourth-order valence-corrected chi connectivity index (χ4v) is 3.60. The minimum atomic E-state index is -1.08. The molecule has 68 valence electrons. The van der Waals surface area contributed by atoms with Crippen LogP contribution < -0.4 is 0 Å². The SMILES string of the molecule is F[C@@H](Br)Sc1nc2ccccc2s1. The monoisotopic (exact) mass is 277 g/mol. The summed E-state index contributed by atoms with van der Waals surface area (Å²) in [6, 6.07) is 7.80. The van der Waals surface area contributed by atoms with E-state index in [-0.39, 0.29) is 0 Å². The highest BCUT2D eigenvalue weighted by Crippen LogP contribution is 2.34. The van der Waals surface area contributed by atoms with Crippen LogP contribution >= 0.6 is 39.0 Å². The molecule has 1 heterocycles. The number of benzene rings is 1. The second-order valence-electron chi connectivity index (χ2n) is 2.33. The number of aromatic nitrogens is 1. The van der Waals surface area contributed by atoms with Gasteiger partial charge in [-0.25, -0.2) is 9.37 Å². The van der Waals surface area contributed by atoms with E-state index in [1.807, 2.05) is 24.3 Å². The molecule has 0 saturated heterocycles. The number of rotatable bonds is 2. The number of hydrogen-bond donors (Lipinski definition) is 0. The Morgan fingerprint density at radius 1 is 1.46 bits per heavy atom. The van der Waals surface area contributed by atoms with Crippen molar-refractivity contribution >= 4 is 49.2 Å². The standard InChI is InChI=1S/C8H5BrFNS2/c9-7(10)13-8-11-5-3-1-2-4-6(5)12-8/h1-4,7H/t7-/m1/s1. The van der Waals surface area contributed by atoms with Gasteiger partial charge in [-0.1, -0.05) is 12.1 Å². The number of halogens is 2. The first kappa shape index (κ1) is 9.43. The number of hydrogen-bond acceptors (Lipinski definition) is 3. The molecule has 0 saturated carbocycles. The average molecular weight is 278 g/mol. The van der Waals surface area contributed by atoms with E-state index in [1.54, 1.807) is 0 Å². The number of alkyl halides is 2. The van der Waals surface area contributed by atoms with Crippen LogP contribution in [0, 0.1) is 0 Å². The molecular weight excluding hydrogens is 273 g/mol. The first-order valence-corrected chi connectivity index (χ1v) is 6.17. The lowest BCUT2D eigenvalue weighted by molar-refractivity contribution is 0.576. The number of thiazole rings is 1. The maximum Gasteiger partial charge on any atom is 0.207 e. The number of para-hydroxylation sites is 1. The molecule has 0 bridgehead atoms. The van der Waals surface area contributed by atoms with Gasteiger partial charge in [0.1, 0.15) is 0 Å². The summed E-state index contributed by atoms with van der Waals surface area (Å²) in [6.45, 7) is 0. The van der Waals surface area contributed by atoms with Crippen LogP contribution in [0.3, 0.4) is 0 Å². The predicted molar refractivity (Wildman–Crippen MR) is 59.3 cm³/mol. The van der Waals surface area contributed by atoms with Crippen molar-refractivity contribution in [3.05, 3.63) is 24.3 Å². The van der Waals surface area contributed by atoms with Crippen molar-refractivity contribution in [3.63, 3.8) is 0 Å². The molecule has 0 fully saturated rings. The minimum absolute atomic E-state index is 0.755. The van der Waals surface area contributed by atoms with Crippen molar-refractivity contribution in [1.29, 1.82) is 0 Å². The Hall–Kier alpha value is -0.130. The molecule has 0 aliphatic rings. The van der Waals surface area contributed by atoms with Crippen LogP contribution in [0.2, 0.25) is 0 Å². The molecule has 1 nitrogen and oxygen atoms in total. The summed E-state index contributed by atoms with van der Waals surface area (Å²) >= 11 is 5.42. The van der Waals surface area contributed by atoms with Crippen LogP contribution in [-0.4, -0.2) is 9.40 Å². The molecule has 1 aromatic heterocycles. The summed E-state index contributed by atoms with van der Waals surface area (Å²) in [7, 11) is 0. The Labute approximate surface area is 91.5 Å². The Balaban J connectivity index is 2.38. The number of nitrogens with zero attached hydrogens (tertiary/aromatic N) is 1. The highest BCUT2D eigenvalue weighted by molar-refractivity contribution is 9.11. The third kappa shape index (κ3) is 2.21. The average Bonchev–Trinajstić information content (AvgIpc) is 2.44. The van der Waals surface area contributed by atoms with Crippen molar-refractivity contribution in [3.8, 4) is 0 Å². The Morgan fingerprint density at radius 3 is 2.92 bits per heavy atom. The highest BCUT2D eigenvalue weighted by atomic mass is 79.9. The number of fused-ring (bicyclic) bond motifs is 1. The molecule has 0 N–H and O–H groups in total. The van der Waals surface area contributed by atoms with Crippen LogP contribution in [0.1, 0.15) is 0 Å². The van der Waals surface area contributed by atoms with E-state index < -0.39 is 4.41 Å². The smallest absolute Gasteiger partial charge is 0.207 e. The maximum absolute atomic E-state index is 12.6. The van der Waals surface area contributed by atoms with Gasteiger partial charge in [0.2, 0.25) is 4.41 Å². The molecular formula is C8H5BrFNS2. The second-order valence-corrected chi connectivity index (χ2v) is 6.06. The van der Waals surface area contributed by atoms with Gasteiger partial charge in [0, 0.05) is 0 Å². The van der Waals surface area contributed by atoms with E-state index in [1.165, 1.54) is 11.3 Å². The fraction of sp³-hybridized carbons (Fsp3) is 0.125. The van der Waals surface area contributed by atoms with Gasteiger partial charge in [0.15, 0.2) is 4.34 Å². The normalized spacial score (nSPS) is 13.4. The molecule has 2 aromatic rings. The Bertz CT molecular complexity index is 382. The summed E-state index contributed by atoms with van der Waals surface area (Å²) < 4.78 is 13.3. The fourth-order valence-electron chi connectivity index (χ4n) is 0.978. The molecule has 0 spiro atoms. The lowest BCUT2D eigenvalue weighted by atomic mass is 10.3. The van der Waals surface area contributed by atoms with Crippen LogP contribution in [-0.2, 0) is 0 Å². The van der Waals surface area contributed by atoms with Crippen molar-refractivity contribution < 1.29 is 4.39 Å². The van der Waals surface area contributed by atoms with Crippen molar-refractivity contribution in [2.45, 2.75) is 8.75 Å². The molecule has 0 amide bonds. The molecule has 1 aromatic carbocycles. The summed E-state index contributed by atoms with van der Waals surface area (Å²) in [5.41, 5.74) is 0.933. The van der Waals surface area contributed by atoms with Crippen LogP contribution in [0.15, 0.2) is 28.6 Å². The van der Waals surface area contributed by atoms with E-state index in [4.69, 9.17) is 0 Å². The van der Waals surface area contributed by atoms with E-state index in [0.717, 1.165) is 26.3 Å². The van der Waals surface area contributed by atoms with Crippen LogP contribution in [0.5, 0.6) is 0 Å². The summed E-state index contributed by atoms with van der Waals surface area (Å²) in [5, 5.41) is 0. The second kappa shape index (κ2) is 3.94. The Kier molecular flexibility index (Phi) is 2.86. The van der Waals surface area contributed by atoms with Gasteiger partial charge in [0.05, 0.1) is 10.2 Å². The van der Waals surface area contributed by atoms with Crippen LogP contribution in [0.4, 0.5) is 4.39 Å². The lowest BCUT2D eigenvalue weighted by Crippen LogP contribution is -1.76. The molecule has 0 aliphatic carbocycles. The zero-order chi connectivity index (χ0) is 9.26. The molecule has 0 radical (unpaired) electrons. The van der Waals surface area contributed by atoms with Gasteiger partial charge in [-0.05, 0) is 39.8 Å². The molecule has 5 heteroatoms. The molecule has 1 atom stereocenters. The van der Waals surface area contributed by atoms with E-state index >= 15 is 0 Å². The van der Waals surface area contributed by atoms with E-state index in [9.17, 15) is 4.39 Å². The minimum Gasteiger partial charge on any atom is -0.230 e. The molecule has 2 rings (SSSR count). The third-order valence-corrected chi connectivity index (χ3v) is 3.87. The lowest BCUT2D eigenvalue weighted by Gasteiger charge is -1.91. The first-order valence-electron chi connectivity index (χ1n) is 3.56. The predicted octanol–water partition coefficient (Wildman–Crippen LogP) is 4.04. The van der Waals surface area contributed by atoms with Gasteiger partial charge in [-0.2, -0.15) is 0 Å². The summed E-state index contributed by atoms with van der Waals surface area (Å²) in [6.07, 6.45) is 0. The molecule has 13 heavy (non-hydrogen) atoms. The largest absolute Gasteiger partial charge is 0.230 e. The maximum atomic E-state index is 12.6. The quantitative estimate of drug-likeness (QED) is 0.607. The number of thioether (sulfide) groups is 1. The van der Waals surface area contributed by atoms with Crippen molar-refractivity contribution in [2.75, 3.05) is 0 Å². The summed E-state index contributed by atoms with van der Waals surface area (Å²) in [5.74, 6) is 0. The molecule has 0 aliphatic heterocycles. The van der Waals surface area contributed by atoms with Gasteiger partial charge < -0.3 is 0 Å². The van der Waals surface area contributed by atoms with Crippen molar-refractivity contribution in [1.82, 2.24) is 4.98 Å². The van der Waals surface area contributed by atoms with E-state index in [2.05, 4.69) is 20.9 Å². The summed E-state index contributed by atoms with van der Waals surface area (Å²) in [4.78, 5) is 4.26. The van der Waals surface area contributed by atoms with Gasteiger partial charge in [0.25, 0.3) is 0 Å². The highest BCUT2D eigenvalue weighted by Gasteiger charge is 2.08. The van der Waals surface area contributed by atoms with E-state index in [0.29, 0.717) is 0 Å².